The number of carbonyl (C=O) groups excluding carboxylic acids is 1. The minimum Gasteiger partial charge on any atom is -0.496 e. The molecule has 3 rings (SSSR count). The standard InChI is InChI=1S/C20H16ClFN2O2/c1-26-18-7-3-2-6-16(18)20(25)24(19-8-4-5-11-23-19)13-14-9-10-15(22)12-17(14)21/h2-12H,13H2,1H3. The molecule has 0 saturated heterocycles. The van der Waals surface area contributed by atoms with Gasteiger partial charge in [-0.25, -0.2) is 9.37 Å². The summed E-state index contributed by atoms with van der Waals surface area (Å²) in [6.07, 6.45) is 1.60. The van der Waals surface area contributed by atoms with Gasteiger partial charge in [-0.2, -0.15) is 0 Å². The quantitative estimate of drug-likeness (QED) is 0.652. The molecule has 0 N–H and O–H groups in total. The van der Waals surface area contributed by atoms with Crippen molar-refractivity contribution in [3.63, 3.8) is 0 Å². The van der Waals surface area contributed by atoms with Gasteiger partial charge in [-0.05, 0) is 42.0 Å². The topological polar surface area (TPSA) is 42.4 Å². The highest BCUT2D eigenvalue weighted by Crippen LogP contribution is 2.26. The van der Waals surface area contributed by atoms with Gasteiger partial charge in [-0.3, -0.25) is 9.69 Å². The lowest BCUT2D eigenvalue weighted by molar-refractivity contribution is 0.0981. The average molecular weight is 371 g/mol. The van der Waals surface area contributed by atoms with Gasteiger partial charge in [-0.1, -0.05) is 35.9 Å². The van der Waals surface area contributed by atoms with Gasteiger partial charge in [0.05, 0.1) is 19.2 Å². The molecule has 1 heterocycles. The molecule has 4 nitrogen and oxygen atoms in total. The first-order valence-corrected chi connectivity index (χ1v) is 8.28. The zero-order chi connectivity index (χ0) is 18.5. The fourth-order valence-corrected chi connectivity index (χ4v) is 2.78. The summed E-state index contributed by atoms with van der Waals surface area (Å²) >= 11 is 6.15. The minimum absolute atomic E-state index is 0.146. The predicted octanol–water partition coefficient (Wildman–Crippen LogP) is 4.73. The molecule has 132 valence electrons. The maximum Gasteiger partial charge on any atom is 0.263 e. The molecule has 0 aliphatic carbocycles. The SMILES string of the molecule is COc1ccccc1C(=O)N(Cc1ccc(F)cc1Cl)c1ccccn1. The van der Waals surface area contributed by atoms with Crippen LogP contribution in [-0.4, -0.2) is 18.0 Å². The van der Waals surface area contributed by atoms with E-state index in [9.17, 15) is 9.18 Å². The van der Waals surface area contributed by atoms with Crippen LogP contribution in [0.1, 0.15) is 15.9 Å². The normalized spacial score (nSPS) is 10.4. The van der Waals surface area contributed by atoms with E-state index < -0.39 is 5.82 Å². The molecule has 0 fully saturated rings. The summed E-state index contributed by atoms with van der Waals surface area (Å²) in [4.78, 5) is 19.0. The van der Waals surface area contributed by atoms with E-state index in [2.05, 4.69) is 4.98 Å². The smallest absolute Gasteiger partial charge is 0.263 e. The number of methoxy groups -OCH3 is 1. The van der Waals surface area contributed by atoms with E-state index in [4.69, 9.17) is 16.3 Å². The monoisotopic (exact) mass is 370 g/mol. The van der Waals surface area contributed by atoms with Gasteiger partial charge in [0, 0.05) is 11.2 Å². The van der Waals surface area contributed by atoms with Gasteiger partial charge in [0.1, 0.15) is 17.4 Å². The van der Waals surface area contributed by atoms with Crippen LogP contribution in [0.2, 0.25) is 5.02 Å². The van der Waals surface area contributed by atoms with Crippen molar-refractivity contribution in [1.82, 2.24) is 4.98 Å². The van der Waals surface area contributed by atoms with Crippen molar-refractivity contribution in [2.45, 2.75) is 6.54 Å². The largest absolute Gasteiger partial charge is 0.496 e. The highest BCUT2D eigenvalue weighted by atomic mass is 35.5. The Morgan fingerprint density at radius 1 is 1.15 bits per heavy atom. The number of ether oxygens (including phenoxy) is 1. The van der Waals surface area contributed by atoms with Crippen molar-refractivity contribution in [1.29, 1.82) is 0 Å². The van der Waals surface area contributed by atoms with Crippen molar-refractivity contribution in [2.24, 2.45) is 0 Å². The molecule has 0 aliphatic heterocycles. The van der Waals surface area contributed by atoms with Crippen molar-refractivity contribution in [3.8, 4) is 5.75 Å². The number of aromatic nitrogens is 1. The van der Waals surface area contributed by atoms with Gasteiger partial charge < -0.3 is 4.74 Å². The zero-order valence-electron chi connectivity index (χ0n) is 14.0. The fraction of sp³-hybridized carbons (Fsp3) is 0.100. The second-order valence-corrected chi connectivity index (χ2v) is 5.92. The van der Waals surface area contributed by atoms with Crippen LogP contribution < -0.4 is 9.64 Å². The number of rotatable bonds is 5. The Balaban J connectivity index is 2.02. The Morgan fingerprint density at radius 3 is 2.62 bits per heavy atom. The van der Waals surface area contributed by atoms with Crippen molar-refractivity contribution < 1.29 is 13.9 Å². The molecule has 26 heavy (non-hydrogen) atoms. The number of amides is 1. The van der Waals surface area contributed by atoms with Gasteiger partial charge in [0.25, 0.3) is 5.91 Å². The Labute approximate surface area is 155 Å². The summed E-state index contributed by atoms with van der Waals surface area (Å²) in [5.41, 5.74) is 1.01. The van der Waals surface area contributed by atoms with Crippen LogP contribution in [0.15, 0.2) is 66.9 Å². The zero-order valence-corrected chi connectivity index (χ0v) is 14.8. The van der Waals surface area contributed by atoms with Gasteiger partial charge >= 0.3 is 0 Å². The van der Waals surface area contributed by atoms with E-state index >= 15 is 0 Å². The van der Waals surface area contributed by atoms with Crippen molar-refractivity contribution >= 4 is 23.3 Å². The van der Waals surface area contributed by atoms with Crippen LogP contribution in [0.25, 0.3) is 0 Å². The summed E-state index contributed by atoms with van der Waals surface area (Å²) in [6.45, 7) is 0.146. The molecule has 2 aromatic carbocycles. The number of hydrogen-bond donors (Lipinski definition) is 0. The lowest BCUT2D eigenvalue weighted by Gasteiger charge is -2.23. The molecular formula is C20H16ClFN2O2. The number of benzene rings is 2. The summed E-state index contributed by atoms with van der Waals surface area (Å²) in [6, 6.07) is 16.3. The number of para-hydroxylation sites is 1. The van der Waals surface area contributed by atoms with Crippen LogP contribution >= 0.6 is 11.6 Å². The molecule has 1 amide bonds. The number of anilines is 1. The predicted molar refractivity (Wildman–Crippen MR) is 99.2 cm³/mol. The lowest BCUT2D eigenvalue weighted by Crippen LogP contribution is -2.31. The van der Waals surface area contributed by atoms with E-state index in [1.54, 1.807) is 54.7 Å². The average Bonchev–Trinajstić information content (AvgIpc) is 2.67. The van der Waals surface area contributed by atoms with Crippen molar-refractivity contribution in [3.05, 3.63) is 88.8 Å². The number of pyridine rings is 1. The van der Waals surface area contributed by atoms with Gasteiger partial charge in [0.15, 0.2) is 0 Å². The van der Waals surface area contributed by atoms with Crippen LogP contribution in [0.5, 0.6) is 5.75 Å². The maximum absolute atomic E-state index is 13.3. The van der Waals surface area contributed by atoms with Crippen molar-refractivity contribution in [2.75, 3.05) is 12.0 Å². The third kappa shape index (κ3) is 3.83. The number of halogens is 2. The summed E-state index contributed by atoms with van der Waals surface area (Å²) in [5, 5.41) is 0.249. The van der Waals surface area contributed by atoms with E-state index in [0.29, 0.717) is 22.7 Å². The molecule has 0 atom stereocenters. The number of nitrogens with zero attached hydrogens (tertiary/aromatic N) is 2. The van der Waals surface area contributed by atoms with Gasteiger partial charge in [-0.15, -0.1) is 0 Å². The second kappa shape index (κ2) is 7.97. The summed E-state index contributed by atoms with van der Waals surface area (Å²) < 4.78 is 18.6. The first kappa shape index (κ1) is 17.9. The minimum atomic E-state index is -0.431. The van der Waals surface area contributed by atoms with Crippen LogP contribution in [0, 0.1) is 5.82 Å². The molecule has 1 aromatic heterocycles. The highest BCUT2D eigenvalue weighted by molar-refractivity contribution is 6.31. The summed E-state index contributed by atoms with van der Waals surface area (Å²) in [5.74, 6) is 0.202. The Morgan fingerprint density at radius 2 is 1.92 bits per heavy atom. The number of hydrogen-bond acceptors (Lipinski definition) is 3. The molecule has 6 heteroatoms. The molecule has 0 spiro atoms. The van der Waals surface area contributed by atoms with Crippen LogP contribution in [0.3, 0.4) is 0 Å². The second-order valence-electron chi connectivity index (χ2n) is 5.52. The van der Waals surface area contributed by atoms with E-state index in [1.807, 2.05) is 0 Å². The lowest BCUT2D eigenvalue weighted by atomic mass is 10.1. The van der Waals surface area contributed by atoms with E-state index in [-0.39, 0.29) is 17.5 Å². The van der Waals surface area contributed by atoms with E-state index in [0.717, 1.165) is 0 Å². The van der Waals surface area contributed by atoms with Gasteiger partial charge in [0.2, 0.25) is 0 Å². The summed E-state index contributed by atoms with van der Waals surface area (Å²) in [7, 11) is 1.51. The molecule has 0 radical (unpaired) electrons. The Bertz CT molecular complexity index is 919. The first-order valence-electron chi connectivity index (χ1n) is 7.90. The fourth-order valence-electron chi connectivity index (χ4n) is 2.56. The maximum atomic E-state index is 13.3. The Kier molecular flexibility index (Phi) is 5.49. The highest BCUT2D eigenvalue weighted by Gasteiger charge is 2.23. The third-order valence-electron chi connectivity index (χ3n) is 3.85. The third-order valence-corrected chi connectivity index (χ3v) is 4.20. The number of carbonyl (C=O) groups is 1. The van der Waals surface area contributed by atoms with Crippen LogP contribution in [0.4, 0.5) is 10.2 Å². The molecule has 3 aromatic rings. The first-order chi connectivity index (χ1) is 12.6. The molecule has 0 bridgehead atoms. The molecule has 0 saturated carbocycles. The van der Waals surface area contributed by atoms with E-state index in [1.165, 1.54) is 24.1 Å². The molecular weight excluding hydrogens is 355 g/mol. The van der Waals surface area contributed by atoms with Crippen LogP contribution in [-0.2, 0) is 6.54 Å². The Hall–Kier alpha value is -2.92. The molecule has 0 aliphatic rings. The molecule has 0 unspecified atom stereocenters.